The van der Waals surface area contributed by atoms with E-state index in [0.717, 1.165) is 5.82 Å². The Bertz CT molecular complexity index is 434. The van der Waals surface area contributed by atoms with Gasteiger partial charge in [0, 0.05) is 19.3 Å². The highest BCUT2D eigenvalue weighted by Crippen LogP contribution is 2.18. The van der Waals surface area contributed by atoms with Crippen LogP contribution in [0.25, 0.3) is 0 Å². The number of aromatic nitrogens is 3. The summed E-state index contributed by atoms with van der Waals surface area (Å²) < 4.78 is 1.72. The van der Waals surface area contributed by atoms with Crippen LogP contribution in [0.5, 0.6) is 0 Å². The number of nitrogens with two attached hydrogens (primary N) is 1. The number of rotatable bonds is 2. The SMILES string of the molecule is Cn1nccc1Nc1ncccc1N. The molecule has 0 aromatic carbocycles. The molecule has 72 valence electrons. The molecule has 5 nitrogen and oxygen atoms in total. The van der Waals surface area contributed by atoms with Gasteiger partial charge in [0.05, 0.1) is 11.9 Å². The summed E-state index contributed by atoms with van der Waals surface area (Å²) in [6, 6.07) is 5.45. The molecule has 2 aromatic heterocycles. The second-order valence-corrected chi connectivity index (χ2v) is 2.91. The van der Waals surface area contributed by atoms with Gasteiger partial charge in [-0.05, 0) is 12.1 Å². The van der Waals surface area contributed by atoms with Gasteiger partial charge in [-0.1, -0.05) is 0 Å². The van der Waals surface area contributed by atoms with Crippen LogP contribution in [-0.4, -0.2) is 14.8 Å². The molecule has 0 radical (unpaired) electrons. The van der Waals surface area contributed by atoms with E-state index < -0.39 is 0 Å². The molecule has 2 aromatic rings. The average Bonchev–Trinajstić information content (AvgIpc) is 2.56. The van der Waals surface area contributed by atoms with Gasteiger partial charge in [-0.3, -0.25) is 4.68 Å². The minimum absolute atomic E-state index is 0.619. The van der Waals surface area contributed by atoms with Gasteiger partial charge in [-0.25, -0.2) is 4.98 Å². The molecule has 5 heteroatoms. The Balaban J connectivity index is 2.28. The van der Waals surface area contributed by atoms with Crippen LogP contribution in [0.4, 0.5) is 17.3 Å². The molecule has 14 heavy (non-hydrogen) atoms. The summed E-state index contributed by atoms with van der Waals surface area (Å²) in [5.74, 6) is 1.51. The summed E-state index contributed by atoms with van der Waals surface area (Å²) in [5, 5.41) is 7.11. The number of hydrogen-bond donors (Lipinski definition) is 2. The number of pyridine rings is 1. The van der Waals surface area contributed by atoms with Gasteiger partial charge in [-0.15, -0.1) is 0 Å². The monoisotopic (exact) mass is 189 g/mol. The predicted octanol–water partition coefficient (Wildman–Crippen LogP) is 1.14. The van der Waals surface area contributed by atoms with E-state index in [1.54, 1.807) is 29.2 Å². The van der Waals surface area contributed by atoms with Crippen molar-refractivity contribution < 1.29 is 0 Å². The number of nitrogens with zero attached hydrogens (tertiary/aromatic N) is 3. The summed E-state index contributed by atoms with van der Waals surface area (Å²) in [6.07, 6.45) is 3.40. The first-order chi connectivity index (χ1) is 6.77. The minimum atomic E-state index is 0.619. The second kappa shape index (κ2) is 3.37. The lowest BCUT2D eigenvalue weighted by molar-refractivity contribution is 0.776. The Labute approximate surface area is 81.6 Å². The number of nitrogen functional groups attached to an aromatic ring is 1. The molecule has 0 saturated carbocycles. The lowest BCUT2D eigenvalue weighted by Gasteiger charge is -2.07. The largest absolute Gasteiger partial charge is 0.396 e. The first-order valence-electron chi connectivity index (χ1n) is 4.23. The molecule has 2 rings (SSSR count). The van der Waals surface area contributed by atoms with E-state index in [-0.39, 0.29) is 0 Å². The Kier molecular flexibility index (Phi) is 2.06. The van der Waals surface area contributed by atoms with E-state index in [9.17, 15) is 0 Å². The van der Waals surface area contributed by atoms with Crippen LogP contribution >= 0.6 is 0 Å². The van der Waals surface area contributed by atoms with E-state index in [1.807, 2.05) is 13.1 Å². The fourth-order valence-corrected chi connectivity index (χ4v) is 1.14. The molecule has 0 aliphatic rings. The molecular formula is C9H11N5. The van der Waals surface area contributed by atoms with Crippen LogP contribution in [0.1, 0.15) is 0 Å². The smallest absolute Gasteiger partial charge is 0.154 e. The molecule has 3 N–H and O–H groups in total. The number of nitrogens with one attached hydrogen (secondary N) is 1. The fraction of sp³-hybridized carbons (Fsp3) is 0.111. The third kappa shape index (κ3) is 1.52. The van der Waals surface area contributed by atoms with Crippen molar-refractivity contribution in [1.29, 1.82) is 0 Å². The Morgan fingerprint density at radius 1 is 1.36 bits per heavy atom. The van der Waals surface area contributed by atoms with Crippen LogP contribution in [-0.2, 0) is 7.05 Å². The zero-order valence-corrected chi connectivity index (χ0v) is 7.81. The topological polar surface area (TPSA) is 68.8 Å². The van der Waals surface area contributed by atoms with Crippen LogP contribution in [0.15, 0.2) is 30.6 Å². The predicted molar refractivity (Wildman–Crippen MR) is 55.1 cm³/mol. The molecule has 0 aliphatic heterocycles. The molecule has 0 saturated heterocycles. The Morgan fingerprint density at radius 3 is 2.86 bits per heavy atom. The number of anilines is 3. The third-order valence-corrected chi connectivity index (χ3v) is 1.91. The van der Waals surface area contributed by atoms with Crippen LogP contribution in [0, 0.1) is 0 Å². The lowest BCUT2D eigenvalue weighted by atomic mass is 10.4. The van der Waals surface area contributed by atoms with Gasteiger partial charge >= 0.3 is 0 Å². The zero-order valence-electron chi connectivity index (χ0n) is 7.81. The number of aryl methyl sites for hydroxylation is 1. The maximum Gasteiger partial charge on any atom is 0.154 e. The van der Waals surface area contributed by atoms with Crippen molar-refractivity contribution in [2.75, 3.05) is 11.1 Å². The summed E-state index contributed by atoms with van der Waals surface area (Å²) in [5.41, 5.74) is 6.35. The van der Waals surface area contributed by atoms with Crippen molar-refractivity contribution in [2.45, 2.75) is 0 Å². The minimum Gasteiger partial charge on any atom is -0.396 e. The van der Waals surface area contributed by atoms with Crippen LogP contribution in [0.2, 0.25) is 0 Å². The van der Waals surface area contributed by atoms with Crippen molar-refractivity contribution in [1.82, 2.24) is 14.8 Å². The van der Waals surface area contributed by atoms with Gasteiger partial charge in [0.15, 0.2) is 5.82 Å². The van der Waals surface area contributed by atoms with E-state index in [4.69, 9.17) is 5.73 Å². The lowest BCUT2D eigenvalue weighted by Crippen LogP contribution is -2.02. The van der Waals surface area contributed by atoms with Gasteiger partial charge in [0.2, 0.25) is 0 Å². The molecular weight excluding hydrogens is 178 g/mol. The number of hydrogen-bond acceptors (Lipinski definition) is 4. The van der Waals surface area contributed by atoms with E-state index in [1.165, 1.54) is 0 Å². The van der Waals surface area contributed by atoms with E-state index in [0.29, 0.717) is 11.5 Å². The summed E-state index contributed by atoms with van der Waals surface area (Å²) in [7, 11) is 1.85. The molecule has 0 fully saturated rings. The first-order valence-corrected chi connectivity index (χ1v) is 4.23. The third-order valence-electron chi connectivity index (χ3n) is 1.91. The van der Waals surface area contributed by atoms with Gasteiger partial charge in [-0.2, -0.15) is 5.10 Å². The summed E-state index contributed by atoms with van der Waals surface area (Å²) in [4.78, 5) is 4.12. The molecule has 0 aliphatic carbocycles. The summed E-state index contributed by atoms with van der Waals surface area (Å²) >= 11 is 0. The maximum atomic E-state index is 5.73. The zero-order chi connectivity index (χ0) is 9.97. The molecule has 2 heterocycles. The first kappa shape index (κ1) is 8.55. The van der Waals surface area contributed by atoms with Crippen LogP contribution in [0.3, 0.4) is 0 Å². The highest BCUT2D eigenvalue weighted by molar-refractivity contribution is 5.66. The van der Waals surface area contributed by atoms with Crippen molar-refractivity contribution in [3.8, 4) is 0 Å². The van der Waals surface area contributed by atoms with Crippen molar-refractivity contribution in [3.05, 3.63) is 30.6 Å². The second-order valence-electron chi connectivity index (χ2n) is 2.91. The molecule has 0 bridgehead atoms. The quantitative estimate of drug-likeness (QED) is 0.743. The van der Waals surface area contributed by atoms with Gasteiger partial charge < -0.3 is 11.1 Å². The highest BCUT2D eigenvalue weighted by atomic mass is 15.3. The molecule has 0 amide bonds. The highest BCUT2D eigenvalue weighted by Gasteiger charge is 2.02. The maximum absolute atomic E-state index is 5.73. The van der Waals surface area contributed by atoms with Crippen molar-refractivity contribution >= 4 is 17.3 Å². The van der Waals surface area contributed by atoms with E-state index in [2.05, 4.69) is 15.4 Å². The molecule has 0 atom stereocenters. The Morgan fingerprint density at radius 2 is 2.21 bits per heavy atom. The van der Waals surface area contributed by atoms with Crippen LogP contribution < -0.4 is 11.1 Å². The average molecular weight is 189 g/mol. The summed E-state index contributed by atoms with van der Waals surface area (Å²) in [6.45, 7) is 0. The van der Waals surface area contributed by atoms with E-state index >= 15 is 0 Å². The molecule has 0 spiro atoms. The standard InChI is InChI=1S/C9H11N5/c1-14-8(4-6-12-14)13-9-7(10)3-2-5-11-9/h2-6H,10H2,1H3,(H,11,13). The van der Waals surface area contributed by atoms with Crippen molar-refractivity contribution in [2.24, 2.45) is 7.05 Å². The Hall–Kier alpha value is -2.04. The normalized spacial score (nSPS) is 10.1. The van der Waals surface area contributed by atoms with Crippen molar-refractivity contribution in [3.63, 3.8) is 0 Å². The fourth-order valence-electron chi connectivity index (χ4n) is 1.14. The van der Waals surface area contributed by atoms with Gasteiger partial charge in [0.25, 0.3) is 0 Å². The van der Waals surface area contributed by atoms with Gasteiger partial charge in [0.1, 0.15) is 5.82 Å². The molecule has 0 unspecified atom stereocenters.